The number of nitrogen functional groups attached to an aromatic ring is 1. The van der Waals surface area contributed by atoms with Crippen molar-refractivity contribution in [3.63, 3.8) is 0 Å². The smallest absolute Gasteiger partial charge is 0.179 e. The van der Waals surface area contributed by atoms with E-state index in [1.807, 2.05) is 6.07 Å². The van der Waals surface area contributed by atoms with Gasteiger partial charge in [0.2, 0.25) is 0 Å². The molecule has 4 nitrogen and oxygen atoms in total. The molecule has 4 heteroatoms. The minimum absolute atomic E-state index is 0.514. The van der Waals surface area contributed by atoms with Gasteiger partial charge in [0.15, 0.2) is 5.65 Å². The molecule has 0 bridgehead atoms. The van der Waals surface area contributed by atoms with Crippen molar-refractivity contribution in [2.45, 2.75) is 45.4 Å². The molecular weight excluding hydrogens is 212 g/mol. The van der Waals surface area contributed by atoms with E-state index in [1.54, 1.807) is 6.07 Å². The van der Waals surface area contributed by atoms with Crippen molar-refractivity contribution >= 4 is 17.0 Å². The van der Waals surface area contributed by atoms with E-state index < -0.39 is 0 Å². The van der Waals surface area contributed by atoms with Crippen LogP contribution in [0.5, 0.6) is 0 Å². The quantitative estimate of drug-likeness (QED) is 0.831. The summed E-state index contributed by atoms with van der Waals surface area (Å²) in [6, 6.07) is 3.75. The first-order chi connectivity index (χ1) is 8.24. The SMILES string of the molecule is CCCC(CCC)c1nc2nc(N)ccc2[nH]1. The van der Waals surface area contributed by atoms with Crippen LogP contribution in [0.4, 0.5) is 5.82 Å². The van der Waals surface area contributed by atoms with Crippen molar-refractivity contribution in [2.75, 3.05) is 5.73 Å². The second kappa shape index (κ2) is 5.17. The highest BCUT2D eigenvalue weighted by atomic mass is 15.0. The summed E-state index contributed by atoms with van der Waals surface area (Å²) in [5, 5.41) is 0. The number of anilines is 1. The lowest BCUT2D eigenvalue weighted by atomic mass is 9.98. The van der Waals surface area contributed by atoms with Crippen LogP contribution in [-0.2, 0) is 0 Å². The molecule has 0 fully saturated rings. The Hall–Kier alpha value is -1.58. The summed E-state index contributed by atoms with van der Waals surface area (Å²) in [4.78, 5) is 12.2. The molecule has 0 unspecified atom stereocenters. The van der Waals surface area contributed by atoms with Crippen molar-refractivity contribution in [2.24, 2.45) is 0 Å². The number of aromatic nitrogens is 3. The maximum absolute atomic E-state index is 5.66. The van der Waals surface area contributed by atoms with Crippen LogP contribution in [0, 0.1) is 0 Å². The number of nitrogens with one attached hydrogen (secondary N) is 1. The number of imidazole rings is 1. The fourth-order valence-electron chi connectivity index (χ4n) is 2.23. The molecule has 0 aromatic carbocycles. The fourth-order valence-corrected chi connectivity index (χ4v) is 2.23. The van der Waals surface area contributed by atoms with Crippen LogP contribution < -0.4 is 5.73 Å². The minimum atomic E-state index is 0.514. The third kappa shape index (κ3) is 2.57. The number of nitrogens with zero attached hydrogens (tertiary/aromatic N) is 2. The largest absolute Gasteiger partial charge is 0.384 e. The summed E-state index contributed by atoms with van der Waals surface area (Å²) in [6.45, 7) is 4.42. The van der Waals surface area contributed by atoms with E-state index in [-0.39, 0.29) is 0 Å². The highest BCUT2D eigenvalue weighted by Crippen LogP contribution is 2.25. The molecule has 0 atom stereocenters. The lowest BCUT2D eigenvalue weighted by Gasteiger charge is -2.11. The van der Waals surface area contributed by atoms with Gasteiger partial charge in [-0.1, -0.05) is 26.7 Å². The highest BCUT2D eigenvalue weighted by Gasteiger charge is 2.14. The predicted molar refractivity (Wildman–Crippen MR) is 70.9 cm³/mol. The summed E-state index contributed by atoms with van der Waals surface area (Å²) >= 11 is 0. The van der Waals surface area contributed by atoms with Crippen molar-refractivity contribution in [3.05, 3.63) is 18.0 Å². The first-order valence-electron chi connectivity index (χ1n) is 6.36. The lowest BCUT2D eigenvalue weighted by molar-refractivity contribution is 0.539. The van der Waals surface area contributed by atoms with Gasteiger partial charge in [-0.15, -0.1) is 0 Å². The zero-order chi connectivity index (χ0) is 12.3. The molecule has 2 heterocycles. The monoisotopic (exact) mass is 232 g/mol. The average Bonchev–Trinajstić information content (AvgIpc) is 2.71. The van der Waals surface area contributed by atoms with Gasteiger partial charge in [0, 0.05) is 5.92 Å². The number of rotatable bonds is 5. The highest BCUT2D eigenvalue weighted by molar-refractivity contribution is 5.72. The number of hydrogen-bond donors (Lipinski definition) is 2. The summed E-state index contributed by atoms with van der Waals surface area (Å²) in [7, 11) is 0. The molecule has 2 aromatic rings. The minimum Gasteiger partial charge on any atom is -0.384 e. The van der Waals surface area contributed by atoms with Crippen molar-refractivity contribution in [3.8, 4) is 0 Å². The molecule has 2 aromatic heterocycles. The molecule has 0 saturated heterocycles. The van der Waals surface area contributed by atoms with E-state index in [4.69, 9.17) is 5.73 Å². The topological polar surface area (TPSA) is 67.6 Å². The maximum Gasteiger partial charge on any atom is 0.179 e. The summed E-state index contributed by atoms with van der Waals surface area (Å²) in [5.74, 6) is 2.10. The van der Waals surface area contributed by atoms with Gasteiger partial charge in [-0.2, -0.15) is 0 Å². The summed E-state index contributed by atoms with van der Waals surface area (Å²) in [5.41, 5.74) is 7.37. The average molecular weight is 232 g/mol. The number of aromatic amines is 1. The van der Waals surface area contributed by atoms with Crippen LogP contribution >= 0.6 is 0 Å². The molecule has 0 aliphatic rings. The first-order valence-corrected chi connectivity index (χ1v) is 6.36. The lowest BCUT2D eigenvalue weighted by Crippen LogP contribution is -2.00. The molecule has 0 radical (unpaired) electrons. The zero-order valence-electron chi connectivity index (χ0n) is 10.5. The number of nitrogens with two attached hydrogens (primary N) is 1. The molecule has 0 saturated carbocycles. The number of H-pyrrole nitrogens is 1. The van der Waals surface area contributed by atoms with Crippen molar-refractivity contribution < 1.29 is 0 Å². The van der Waals surface area contributed by atoms with Crippen LogP contribution in [0.2, 0.25) is 0 Å². The Morgan fingerprint density at radius 2 is 1.88 bits per heavy atom. The van der Waals surface area contributed by atoms with Crippen LogP contribution in [-0.4, -0.2) is 15.0 Å². The van der Waals surface area contributed by atoms with E-state index in [0.29, 0.717) is 11.7 Å². The van der Waals surface area contributed by atoms with Crippen LogP contribution in [0.15, 0.2) is 12.1 Å². The van der Waals surface area contributed by atoms with Gasteiger partial charge in [-0.3, -0.25) is 0 Å². The molecular formula is C13H20N4. The van der Waals surface area contributed by atoms with Gasteiger partial charge < -0.3 is 10.7 Å². The Labute approximate surface area is 102 Å². The van der Waals surface area contributed by atoms with Crippen LogP contribution in [0.1, 0.15) is 51.3 Å². The van der Waals surface area contributed by atoms with Crippen molar-refractivity contribution in [1.29, 1.82) is 0 Å². The van der Waals surface area contributed by atoms with Gasteiger partial charge >= 0.3 is 0 Å². The molecule has 3 N–H and O–H groups in total. The second-order valence-electron chi connectivity index (χ2n) is 4.50. The molecule has 0 aliphatic carbocycles. The third-order valence-electron chi connectivity index (χ3n) is 3.05. The molecule has 17 heavy (non-hydrogen) atoms. The maximum atomic E-state index is 5.66. The Bertz CT molecular complexity index is 483. The zero-order valence-corrected chi connectivity index (χ0v) is 10.5. The summed E-state index contributed by atoms with van der Waals surface area (Å²) < 4.78 is 0. The standard InChI is InChI=1S/C13H20N4/c1-3-5-9(6-4-2)12-15-10-7-8-11(14)16-13(10)17-12/h7-9H,3-6H2,1-2H3,(H3,14,15,16,17). The number of hydrogen-bond acceptors (Lipinski definition) is 3. The van der Waals surface area contributed by atoms with Crippen LogP contribution in [0.25, 0.3) is 11.2 Å². The number of fused-ring (bicyclic) bond motifs is 1. The van der Waals surface area contributed by atoms with Gasteiger partial charge in [-0.25, -0.2) is 9.97 Å². The van der Waals surface area contributed by atoms with Gasteiger partial charge in [0.25, 0.3) is 0 Å². The molecule has 0 aliphatic heterocycles. The third-order valence-corrected chi connectivity index (χ3v) is 3.05. The van der Waals surface area contributed by atoms with Gasteiger partial charge in [0.1, 0.15) is 11.6 Å². The second-order valence-corrected chi connectivity index (χ2v) is 4.50. The first kappa shape index (κ1) is 11.9. The number of pyridine rings is 1. The van der Waals surface area contributed by atoms with E-state index in [2.05, 4.69) is 28.8 Å². The van der Waals surface area contributed by atoms with Gasteiger partial charge in [-0.05, 0) is 25.0 Å². The van der Waals surface area contributed by atoms with E-state index in [0.717, 1.165) is 17.0 Å². The normalized spacial score (nSPS) is 11.5. The Morgan fingerprint density at radius 3 is 2.53 bits per heavy atom. The van der Waals surface area contributed by atoms with Gasteiger partial charge in [0.05, 0.1) is 5.52 Å². The van der Waals surface area contributed by atoms with E-state index in [9.17, 15) is 0 Å². The predicted octanol–water partition coefficient (Wildman–Crippen LogP) is 3.22. The fraction of sp³-hybridized carbons (Fsp3) is 0.538. The Kier molecular flexibility index (Phi) is 3.61. The van der Waals surface area contributed by atoms with E-state index in [1.165, 1.54) is 25.7 Å². The molecule has 2 rings (SSSR count). The molecule has 0 spiro atoms. The molecule has 92 valence electrons. The van der Waals surface area contributed by atoms with Crippen LogP contribution in [0.3, 0.4) is 0 Å². The summed E-state index contributed by atoms with van der Waals surface area (Å²) in [6.07, 6.45) is 4.70. The molecule has 0 amide bonds. The van der Waals surface area contributed by atoms with E-state index >= 15 is 0 Å². The Morgan fingerprint density at radius 1 is 1.18 bits per heavy atom. The van der Waals surface area contributed by atoms with Crippen molar-refractivity contribution in [1.82, 2.24) is 15.0 Å². The Balaban J connectivity index is 2.33.